The van der Waals surface area contributed by atoms with E-state index in [-0.39, 0.29) is 17.5 Å². The van der Waals surface area contributed by atoms with Crippen LogP contribution in [-0.2, 0) is 17.5 Å². The van der Waals surface area contributed by atoms with Crippen LogP contribution in [0.2, 0.25) is 0 Å². The number of rotatable bonds is 3. The summed E-state index contributed by atoms with van der Waals surface area (Å²) >= 11 is 0. The molecule has 0 unspecified atom stereocenters. The molecule has 0 aliphatic carbocycles. The quantitative estimate of drug-likeness (QED) is 0.694. The lowest BCUT2D eigenvalue weighted by atomic mass is 10.1. The maximum atomic E-state index is 12.7. The molecule has 2 aromatic carbocycles. The van der Waals surface area contributed by atoms with E-state index in [2.05, 4.69) is 10.1 Å². The van der Waals surface area contributed by atoms with E-state index in [1.807, 2.05) is 30.3 Å². The number of aromatic nitrogens is 2. The highest BCUT2D eigenvalue weighted by Gasteiger charge is 2.30. The first kappa shape index (κ1) is 18.4. The van der Waals surface area contributed by atoms with Crippen molar-refractivity contribution in [2.24, 2.45) is 4.99 Å². The van der Waals surface area contributed by atoms with Crippen molar-refractivity contribution in [3.8, 4) is 5.69 Å². The van der Waals surface area contributed by atoms with Crippen LogP contribution in [0.3, 0.4) is 0 Å². The van der Waals surface area contributed by atoms with E-state index in [1.54, 1.807) is 16.9 Å². The molecule has 1 aromatic heterocycles. The van der Waals surface area contributed by atoms with Gasteiger partial charge in [0.2, 0.25) is 0 Å². The van der Waals surface area contributed by atoms with Gasteiger partial charge in [-0.3, -0.25) is 0 Å². The van der Waals surface area contributed by atoms with Gasteiger partial charge in [0.15, 0.2) is 0 Å². The molecule has 0 N–H and O–H groups in total. The fourth-order valence-corrected chi connectivity index (χ4v) is 2.27. The minimum Gasteiger partial charge on any atom is -0.443 e. The second kappa shape index (κ2) is 7.86. The first-order chi connectivity index (χ1) is 12.9. The molecule has 138 valence electrons. The molecular formula is C19H14F3N3O2. The zero-order chi connectivity index (χ0) is 19.3. The third-order valence-electron chi connectivity index (χ3n) is 3.56. The van der Waals surface area contributed by atoms with Crippen LogP contribution in [-0.4, -0.2) is 15.9 Å². The molecule has 0 bridgehead atoms. The summed E-state index contributed by atoms with van der Waals surface area (Å²) in [5.74, 6) is 0. The number of halogens is 3. The van der Waals surface area contributed by atoms with Gasteiger partial charge in [0, 0.05) is 6.20 Å². The Morgan fingerprint density at radius 1 is 1.07 bits per heavy atom. The standard InChI is InChI=1S/C19H14F3N3O2/c20-19(21,22)15-6-4-5-14(11-15)13-27-18(26)24-16-9-10-25(23-12-16)17-7-2-1-3-8-17/h1-12H,13H2. The highest BCUT2D eigenvalue weighted by molar-refractivity contribution is 5.68. The van der Waals surface area contributed by atoms with Crippen molar-refractivity contribution >= 4 is 6.09 Å². The Balaban J connectivity index is 1.65. The summed E-state index contributed by atoms with van der Waals surface area (Å²) in [4.78, 5) is 15.5. The molecule has 8 heteroatoms. The summed E-state index contributed by atoms with van der Waals surface area (Å²) in [6.45, 7) is -0.309. The third-order valence-corrected chi connectivity index (χ3v) is 3.56. The van der Waals surface area contributed by atoms with Gasteiger partial charge in [0.1, 0.15) is 6.61 Å². The minimum atomic E-state index is -4.45. The summed E-state index contributed by atoms with van der Waals surface area (Å²) in [7, 11) is 0. The van der Waals surface area contributed by atoms with Crippen molar-refractivity contribution in [1.29, 1.82) is 0 Å². The van der Waals surface area contributed by atoms with Crippen LogP contribution in [0, 0.1) is 0 Å². The number of benzene rings is 2. The molecule has 0 radical (unpaired) electrons. The Kier molecular flexibility index (Phi) is 5.35. The molecule has 0 spiro atoms. The Morgan fingerprint density at radius 3 is 2.52 bits per heavy atom. The molecule has 0 aliphatic heterocycles. The van der Waals surface area contributed by atoms with Crippen molar-refractivity contribution in [3.63, 3.8) is 0 Å². The topological polar surface area (TPSA) is 56.5 Å². The summed E-state index contributed by atoms with van der Waals surface area (Å²) < 4.78 is 44.5. The summed E-state index contributed by atoms with van der Waals surface area (Å²) in [5.41, 5.74) is 0.267. The number of ether oxygens (including phenoxy) is 1. The summed E-state index contributed by atoms with van der Waals surface area (Å²) in [6, 6.07) is 15.5. The second-order valence-corrected chi connectivity index (χ2v) is 5.53. The number of carbonyl (C=O) groups excluding carboxylic acids is 1. The summed E-state index contributed by atoms with van der Waals surface area (Å²) in [5, 5.41) is 4.42. The number of para-hydroxylation sites is 1. The molecule has 5 nitrogen and oxygen atoms in total. The van der Waals surface area contributed by atoms with Crippen molar-refractivity contribution < 1.29 is 22.7 Å². The van der Waals surface area contributed by atoms with Gasteiger partial charge in [-0.05, 0) is 35.9 Å². The fraction of sp³-hybridized carbons (Fsp3) is 0.105. The number of amides is 1. The molecule has 3 rings (SSSR count). The Labute approximate surface area is 152 Å². The lowest BCUT2D eigenvalue weighted by Gasteiger charge is -2.08. The smallest absolute Gasteiger partial charge is 0.434 e. The van der Waals surface area contributed by atoms with Crippen LogP contribution in [0.25, 0.3) is 5.69 Å². The van der Waals surface area contributed by atoms with Crippen molar-refractivity contribution in [2.45, 2.75) is 12.8 Å². The predicted octanol–water partition coefficient (Wildman–Crippen LogP) is 4.13. The van der Waals surface area contributed by atoms with Crippen molar-refractivity contribution in [3.05, 3.63) is 89.5 Å². The van der Waals surface area contributed by atoms with Crippen LogP contribution in [0.1, 0.15) is 11.1 Å². The van der Waals surface area contributed by atoms with E-state index in [9.17, 15) is 18.0 Å². The second-order valence-electron chi connectivity index (χ2n) is 5.53. The lowest BCUT2D eigenvalue weighted by molar-refractivity contribution is -0.137. The van der Waals surface area contributed by atoms with E-state index in [4.69, 9.17) is 4.74 Å². The number of alkyl halides is 3. The van der Waals surface area contributed by atoms with E-state index in [0.29, 0.717) is 0 Å². The van der Waals surface area contributed by atoms with Gasteiger partial charge in [0.25, 0.3) is 0 Å². The van der Waals surface area contributed by atoms with Crippen molar-refractivity contribution in [1.82, 2.24) is 9.78 Å². The average molecular weight is 373 g/mol. The monoisotopic (exact) mass is 373 g/mol. The minimum absolute atomic E-state index is 0.224. The number of hydrogen-bond donors (Lipinski definition) is 0. The summed E-state index contributed by atoms with van der Waals surface area (Å²) in [6.07, 6.45) is -2.34. The lowest BCUT2D eigenvalue weighted by Crippen LogP contribution is -2.12. The van der Waals surface area contributed by atoms with Gasteiger partial charge >= 0.3 is 12.3 Å². The molecule has 1 amide bonds. The largest absolute Gasteiger partial charge is 0.443 e. The van der Waals surface area contributed by atoms with Crippen LogP contribution in [0.4, 0.5) is 18.0 Å². The van der Waals surface area contributed by atoms with Gasteiger partial charge in [-0.2, -0.15) is 23.3 Å². The number of hydrogen-bond acceptors (Lipinski definition) is 3. The van der Waals surface area contributed by atoms with E-state index >= 15 is 0 Å². The van der Waals surface area contributed by atoms with Gasteiger partial charge < -0.3 is 4.74 Å². The Morgan fingerprint density at radius 2 is 1.85 bits per heavy atom. The number of carbonyl (C=O) groups is 1. The predicted molar refractivity (Wildman–Crippen MR) is 90.8 cm³/mol. The number of nitrogens with zero attached hydrogens (tertiary/aromatic N) is 3. The van der Waals surface area contributed by atoms with Crippen LogP contribution in [0.15, 0.2) is 78.0 Å². The normalized spacial score (nSPS) is 12.0. The fourth-order valence-electron chi connectivity index (χ4n) is 2.27. The molecule has 3 aromatic rings. The molecule has 0 saturated carbocycles. The zero-order valence-corrected chi connectivity index (χ0v) is 13.9. The molecule has 1 heterocycles. The van der Waals surface area contributed by atoms with Crippen molar-refractivity contribution in [2.75, 3.05) is 0 Å². The van der Waals surface area contributed by atoms with Gasteiger partial charge in [-0.25, -0.2) is 9.48 Å². The van der Waals surface area contributed by atoms with Gasteiger partial charge in [-0.1, -0.05) is 30.3 Å². The molecule has 0 saturated heterocycles. The van der Waals surface area contributed by atoms with E-state index in [0.717, 1.165) is 17.8 Å². The van der Waals surface area contributed by atoms with E-state index < -0.39 is 17.8 Å². The Hall–Kier alpha value is -3.42. The van der Waals surface area contributed by atoms with Gasteiger partial charge in [0.05, 0.1) is 22.8 Å². The molecule has 0 aliphatic rings. The SMILES string of the molecule is O=C(N=c1ccn(-c2ccccc2)nc1)OCc1cccc(C(F)(F)F)c1. The zero-order valence-electron chi connectivity index (χ0n) is 13.9. The Bertz CT molecular complexity index is 978. The molecule has 0 atom stereocenters. The van der Waals surface area contributed by atoms with E-state index in [1.165, 1.54) is 18.3 Å². The average Bonchev–Trinajstić information content (AvgIpc) is 2.67. The van der Waals surface area contributed by atoms with Crippen LogP contribution >= 0.6 is 0 Å². The molecular weight excluding hydrogens is 359 g/mol. The highest BCUT2D eigenvalue weighted by Crippen LogP contribution is 2.29. The molecule has 0 fully saturated rings. The first-order valence-corrected chi connectivity index (χ1v) is 7.90. The third kappa shape index (κ3) is 5.04. The van der Waals surface area contributed by atoms with Crippen LogP contribution in [0.5, 0.6) is 0 Å². The molecule has 27 heavy (non-hydrogen) atoms. The maximum absolute atomic E-state index is 12.7. The maximum Gasteiger partial charge on any atom is 0.434 e. The van der Waals surface area contributed by atoms with Gasteiger partial charge in [-0.15, -0.1) is 0 Å². The first-order valence-electron chi connectivity index (χ1n) is 7.90. The highest BCUT2D eigenvalue weighted by atomic mass is 19.4. The van der Waals surface area contributed by atoms with Crippen LogP contribution < -0.4 is 5.36 Å².